The lowest BCUT2D eigenvalue weighted by Crippen LogP contribution is -2.04. The molecule has 0 aliphatic heterocycles. The smallest absolute Gasteiger partial charge is 0.354 e. The molecule has 0 spiro atoms. The zero-order valence-corrected chi connectivity index (χ0v) is 7.65. The monoisotopic (exact) mass is 191 g/mol. The first-order valence-electron chi connectivity index (χ1n) is 4.27. The van der Waals surface area contributed by atoms with E-state index >= 15 is 0 Å². The minimum atomic E-state index is -0.370. The highest BCUT2D eigenvalue weighted by Crippen LogP contribution is 2.11. The van der Waals surface area contributed by atoms with Crippen molar-refractivity contribution >= 4 is 17.0 Å². The molecule has 0 atom stereocenters. The first-order chi connectivity index (χ1) is 6.81. The van der Waals surface area contributed by atoms with Gasteiger partial charge in [0.2, 0.25) is 0 Å². The number of rotatable bonds is 2. The van der Waals surface area contributed by atoms with E-state index in [1.807, 2.05) is 0 Å². The van der Waals surface area contributed by atoms with Crippen LogP contribution in [0.2, 0.25) is 0 Å². The molecule has 5 heteroatoms. The molecule has 0 saturated heterocycles. The van der Waals surface area contributed by atoms with E-state index in [0.717, 1.165) is 5.39 Å². The molecule has 2 rings (SSSR count). The molecule has 0 aliphatic carbocycles. The highest BCUT2D eigenvalue weighted by molar-refractivity contribution is 5.93. The summed E-state index contributed by atoms with van der Waals surface area (Å²) in [5, 5.41) is 0.801. The van der Waals surface area contributed by atoms with Gasteiger partial charge in [0.1, 0.15) is 17.7 Å². The van der Waals surface area contributed by atoms with Crippen LogP contribution in [0.5, 0.6) is 0 Å². The summed E-state index contributed by atoms with van der Waals surface area (Å²) >= 11 is 0. The Kier molecular flexibility index (Phi) is 2.14. The molecule has 14 heavy (non-hydrogen) atoms. The van der Waals surface area contributed by atoms with Gasteiger partial charge in [0.15, 0.2) is 0 Å². The lowest BCUT2D eigenvalue weighted by molar-refractivity contribution is 0.0520. The Morgan fingerprint density at radius 3 is 3.21 bits per heavy atom. The molecule has 0 bridgehead atoms. The summed E-state index contributed by atoms with van der Waals surface area (Å²) in [5.41, 5.74) is 1.05. The largest absolute Gasteiger partial charge is 0.461 e. The number of H-pyrrole nitrogens is 1. The predicted molar refractivity (Wildman–Crippen MR) is 49.8 cm³/mol. The van der Waals surface area contributed by atoms with Crippen LogP contribution in [-0.4, -0.2) is 27.5 Å². The number of fused-ring (bicyclic) bond motifs is 1. The second-order valence-electron chi connectivity index (χ2n) is 2.73. The van der Waals surface area contributed by atoms with Crippen molar-refractivity contribution in [2.24, 2.45) is 0 Å². The summed E-state index contributed by atoms with van der Waals surface area (Å²) in [6, 6.07) is 1.67. The molecule has 0 saturated carbocycles. The molecule has 72 valence electrons. The summed E-state index contributed by atoms with van der Waals surface area (Å²) in [6.45, 7) is 2.13. The number of aromatic amines is 1. The summed E-state index contributed by atoms with van der Waals surface area (Å²) in [7, 11) is 0. The van der Waals surface area contributed by atoms with Crippen molar-refractivity contribution < 1.29 is 9.53 Å². The van der Waals surface area contributed by atoms with Crippen LogP contribution in [0, 0.1) is 0 Å². The van der Waals surface area contributed by atoms with Gasteiger partial charge < -0.3 is 9.72 Å². The zero-order chi connectivity index (χ0) is 9.97. The van der Waals surface area contributed by atoms with E-state index in [9.17, 15) is 4.79 Å². The summed E-state index contributed by atoms with van der Waals surface area (Å²) < 4.78 is 4.84. The van der Waals surface area contributed by atoms with Gasteiger partial charge in [-0.3, -0.25) is 0 Å². The number of nitrogens with zero attached hydrogens (tertiary/aromatic N) is 2. The molecule has 2 aromatic heterocycles. The number of nitrogens with one attached hydrogen (secondary N) is 1. The van der Waals surface area contributed by atoms with E-state index in [2.05, 4.69) is 15.0 Å². The molecule has 0 aliphatic rings. The quantitative estimate of drug-likeness (QED) is 0.722. The average Bonchev–Trinajstić information content (AvgIpc) is 2.61. The van der Waals surface area contributed by atoms with E-state index in [0.29, 0.717) is 17.9 Å². The minimum Gasteiger partial charge on any atom is -0.461 e. The standard InChI is InChI=1S/C9H9N3O2/c1-2-14-9(13)7-3-6-4-10-5-11-8(6)12-7/h3-5H,2H2,1H3,(H,10,11,12). The third-order valence-corrected chi connectivity index (χ3v) is 1.79. The fourth-order valence-electron chi connectivity index (χ4n) is 1.19. The average molecular weight is 191 g/mol. The Hall–Kier alpha value is -1.91. The van der Waals surface area contributed by atoms with E-state index in [-0.39, 0.29) is 5.97 Å². The first-order valence-corrected chi connectivity index (χ1v) is 4.27. The highest BCUT2D eigenvalue weighted by Gasteiger charge is 2.10. The Labute approximate surface area is 80.1 Å². The van der Waals surface area contributed by atoms with Gasteiger partial charge in [0, 0.05) is 11.6 Å². The SMILES string of the molecule is CCOC(=O)c1cc2cncnc2[nH]1. The molecule has 0 radical (unpaired) electrons. The Morgan fingerprint density at radius 2 is 2.50 bits per heavy atom. The van der Waals surface area contributed by atoms with Crippen molar-refractivity contribution in [3.63, 3.8) is 0 Å². The third kappa shape index (κ3) is 1.44. The molecule has 2 aromatic rings. The van der Waals surface area contributed by atoms with Crippen LogP contribution in [0.25, 0.3) is 11.0 Å². The Balaban J connectivity index is 2.40. The van der Waals surface area contributed by atoms with Crippen molar-refractivity contribution in [2.75, 3.05) is 6.61 Å². The van der Waals surface area contributed by atoms with E-state index in [1.54, 1.807) is 19.2 Å². The van der Waals surface area contributed by atoms with E-state index in [1.165, 1.54) is 6.33 Å². The van der Waals surface area contributed by atoms with Crippen LogP contribution in [0.15, 0.2) is 18.6 Å². The molecular formula is C9H9N3O2. The van der Waals surface area contributed by atoms with Crippen molar-refractivity contribution in [3.05, 3.63) is 24.3 Å². The Bertz CT molecular complexity index is 431. The molecule has 0 unspecified atom stereocenters. The summed E-state index contributed by atoms with van der Waals surface area (Å²) in [6.07, 6.45) is 3.06. The predicted octanol–water partition coefficient (Wildman–Crippen LogP) is 1.13. The van der Waals surface area contributed by atoms with Crippen molar-refractivity contribution in [2.45, 2.75) is 6.92 Å². The van der Waals surface area contributed by atoms with Crippen molar-refractivity contribution in [1.82, 2.24) is 15.0 Å². The lowest BCUT2D eigenvalue weighted by Gasteiger charge is -1.96. The number of hydrogen-bond donors (Lipinski definition) is 1. The number of aromatic nitrogens is 3. The maximum atomic E-state index is 11.3. The van der Waals surface area contributed by atoms with Crippen LogP contribution < -0.4 is 0 Å². The Morgan fingerprint density at radius 1 is 1.64 bits per heavy atom. The van der Waals surface area contributed by atoms with Crippen LogP contribution >= 0.6 is 0 Å². The third-order valence-electron chi connectivity index (χ3n) is 1.79. The molecule has 1 N–H and O–H groups in total. The fraction of sp³-hybridized carbons (Fsp3) is 0.222. The molecule has 2 heterocycles. The minimum absolute atomic E-state index is 0.361. The fourth-order valence-corrected chi connectivity index (χ4v) is 1.19. The van der Waals surface area contributed by atoms with E-state index < -0.39 is 0 Å². The maximum Gasteiger partial charge on any atom is 0.354 e. The first kappa shape index (κ1) is 8.68. The van der Waals surface area contributed by atoms with E-state index in [4.69, 9.17) is 4.74 Å². The second-order valence-corrected chi connectivity index (χ2v) is 2.73. The lowest BCUT2D eigenvalue weighted by atomic mass is 10.4. The zero-order valence-electron chi connectivity index (χ0n) is 7.65. The van der Waals surface area contributed by atoms with Gasteiger partial charge in [0.25, 0.3) is 0 Å². The number of ether oxygens (including phenoxy) is 1. The highest BCUT2D eigenvalue weighted by atomic mass is 16.5. The number of esters is 1. The van der Waals surface area contributed by atoms with Gasteiger partial charge in [-0.2, -0.15) is 0 Å². The van der Waals surface area contributed by atoms with Gasteiger partial charge in [0.05, 0.1) is 6.61 Å². The van der Waals surface area contributed by atoms with Crippen molar-refractivity contribution in [1.29, 1.82) is 0 Å². The van der Waals surface area contributed by atoms with Crippen molar-refractivity contribution in [3.8, 4) is 0 Å². The number of carbonyl (C=O) groups excluding carboxylic acids is 1. The van der Waals surface area contributed by atoms with Crippen LogP contribution in [0.3, 0.4) is 0 Å². The number of carbonyl (C=O) groups is 1. The van der Waals surface area contributed by atoms with Crippen LogP contribution in [-0.2, 0) is 4.74 Å². The van der Waals surface area contributed by atoms with Gasteiger partial charge in [-0.05, 0) is 13.0 Å². The molecule has 0 amide bonds. The number of hydrogen-bond acceptors (Lipinski definition) is 4. The summed E-state index contributed by atoms with van der Waals surface area (Å²) in [4.78, 5) is 22.0. The summed E-state index contributed by atoms with van der Waals surface area (Å²) in [5.74, 6) is -0.370. The van der Waals surface area contributed by atoms with Crippen LogP contribution in [0.1, 0.15) is 17.4 Å². The second kappa shape index (κ2) is 3.45. The topological polar surface area (TPSA) is 67.9 Å². The van der Waals surface area contributed by atoms with Gasteiger partial charge in [-0.25, -0.2) is 14.8 Å². The van der Waals surface area contributed by atoms with Gasteiger partial charge in [-0.1, -0.05) is 0 Å². The van der Waals surface area contributed by atoms with Crippen LogP contribution in [0.4, 0.5) is 0 Å². The molecule has 0 aromatic carbocycles. The maximum absolute atomic E-state index is 11.3. The molecular weight excluding hydrogens is 182 g/mol. The normalized spacial score (nSPS) is 10.4. The molecule has 0 fully saturated rings. The van der Waals surface area contributed by atoms with Gasteiger partial charge >= 0.3 is 5.97 Å². The molecule has 5 nitrogen and oxygen atoms in total. The van der Waals surface area contributed by atoms with Gasteiger partial charge in [-0.15, -0.1) is 0 Å².